The predicted molar refractivity (Wildman–Crippen MR) is 173 cm³/mol. The highest BCUT2D eigenvalue weighted by Gasteiger charge is 2.33. The van der Waals surface area contributed by atoms with Crippen LogP contribution in [0.5, 0.6) is 0 Å². The van der Waals surface area contributed by atoms with E-state index in [1.807, 2.05) is 54.6 Å². The van der Waals surface area contributed by atoms with Crippen LogP contribution in [0.15, 0.2) is 121 Å². The van der Waals surface area contributed by atoms with Crippen molar-refractivity contribution in [3.8, 4) is 0 Å². The summed E-state index contributed by atoms with van der Waals surface area (Å²) in [5, 5.41) is 4.04. The molecule has 3 nitrogen and oxygen atoms in total. The molecule has 3 heteroatoms. The lowest BCUT2D eigenvalue weighted by Gasteiger charge is -2.29. The van der Waals surface area contributed by atoms with Crippen LogP contribution >= 0.6 is 0 Å². The van der Waals surface area contributed by atoms with Crippen molar-refractivity contribution in [3.05, 3.63) is 154 Å². The first kappa shape index (κ1) is 25.7. The second-order valence-corrected chi connectivity index (χ2v) is 11.2. The van der Waals surface area contributed by atoms with E-state index in [4.69, 9.17) is 0 Å². The Hall–Kier alpha value is -5.28. The smallest absolute Gasteiger partial charge is 0.197 e. The number of anilines is 3. The average Bonchev–Trinajstić information content (AvgIpc) is 3.22. The summed E-state index contributed by atoms with van der Waals surface area (Å²) in [7, 11) is 0. The number of para-hydroxylation sites is 1. The van der Waals surface area contributed by atoms with Gasteiger partial charge in [-0.3, -0.25) is 9.59 Å². The molecule has 0 amide bonds. The molecule has 1 aliphatic carbocycles. The third kappa shape index (κ3) is 4.31. The molecule has 0 heterocycles. The van der Waals surface area contributed by atoms with E-state index in [1.165, 1.54) is 22.4 Å². The minimum Gasteiger partial charge on any atom is -0.310 e. The normalized spacial score (nSPS) is 12.7. The Morgan fingerprint density at radius 3 is 1.71 bits per heavy atom. The van der Waals surface area contributed by atoms with E-state index in [2.05, 4.69) is 86.3 Å². The molecule has 0 aliphatic heterocycles. The quantitative estimate of drug-likeness (QED) is 0.164. The van der Waals surface area contributed by atoms with Crippen LogP contribution in [0.4, 0.5) is 17.1 Å². The number of carbonyl (C=O) groups is 2. The number of carbonyl (C=O) groups excluding carboxylic acids is 2. The summed E-state index contributed by atoms with van der Waals surface area (Å²) >= 11 is 0. The number of allylic oxidation sites excluding steroid dienone is 1. The summed E-state index contributed by atoms with van der Waals surface area (Å²) in [5.74, 6) is -0.419. The number of ketones is 2. The highest BCUT2D eigenvalue weighted by atomic mass is 16.2. The number of hydrogen-bond acceptors (Lipinski definition) is 3. The van der Waals surface area contributed by atoms with Crippen LogP contribution < -0.4 is 4.90 Å². The second kappa shape index (κ2) is 9.97. The van der Waals surface area contributed by atoms with Gasteiger partial charge in [0.15, 0.2) is 11.6 Å². The van der Waals surface area contributed by atoms with Gasteiger partial charge < -0.3 is 4.90 Å². The first-order valence-electron chi connectivity index (χ1n) is 14.2. The maximum Gasteiger partial charge on any atom is 0.197 e. The molecule has 42 heavy (non-hydrogen) atoms. The van der Waals surface area contributed by atoms with Gasteiger partial charge in [0.25, 0.3) is 0 Å². The standard InChI is InChI=1S/C39H29NO2/c1-24-17-25(2)37(26(3)18-24)40(32-11-5-4-6-12-32)33-16-15-30-19-27(13-14-31(30)21-33)20-36-38(41)34-22-28-9-7-8-10-29(28)23-35(34)39(36)42/h4-23H,1-3H3. The van der Waals surface area contributed by atoms with E-state index in [1.54, 1.807) is 6.08 Å². The molecule has 0 saturated heterocycles. The van der Waals surface area contributed by atoms with Crippen LogP contribution in [-0.2, 0) is 0 Å². The molecule has 0 saturated carbocycles. The molecule has 0 N–H and O–H groups in total. The zero-order valence-electron chi connectivity index (χ0n) is 23.8. The number of aryl methyl sites for hydroxylation is 3. The van der Waals surface area contributed by atoms with Gasteiger partial charge in [-0.2, -0.15) is 0 Å². The summed E-state index contributed by atoms with van der Waals surface area (Å²) in [6, 6.07) is 38.9. The van der Waals surface area contributed by atoms with E-state index < -0.39 is 0 Å². The molecule has 0 atom stereocenters. The van der Waals surface area contributed by atoms with E-state index in [0.717, 1.165) is 38.5 Å². The molecular formula is C39H29NO2. The van der Waals surface area contributed by atoms with Gasteiger partial charge in [0.05, 0.1) is 11.3 Å². The highest BCUT2D eigenvalue weighted by Crippen LogP contribution is 2.40. The largest absolute Gasteiger partial charge is 0.310 e. The van der Waals surface area contributed by atoms with Gasteiger partial charge in [0, 0.05) is 22.5 Å². The Morgan fingerprint density at radius 1 is 0.524 bits per heavy atom. The third-order valence-electron chi connectivity index (χ3n) is 8.15. The van der Waals surface area contributed by atoms with Gasteiger partial charge in [-0.25, -0.2) is 0 Å². The number of Topliss-reactive ketones (excluding diaryl/α,β-unsaturated/α-hetero) is 2. The minimum absolute atomic E-state index is 0.210. The van der Waals surface area contributed by atoms with E-state index >= 15 is 0 Å². The van der Waals surface area contributed by atoms with Crippen LogP contribution in [0, 0.1) is 20.8 Å². The number of nitrogens with zero attached hydrogens (tertiary/aromatic N) is 1. The minimum atomic E-state index is -0.210. The van der Waals surface area contributed by atoms with Crippen molar-refractivity contribution in [1.82, 2.24) is 0 Å². The number of fused-ring (bicyclic) bond motifs is 3. The number of benzene rings is 6. The molecule has 0 bridgehead atoms. The van der Waals surface area contributed by atoms with E-state index in [9.17, 15) is 9.59 Å². The van der Waals surface area contributed by atoms with Crippen molar-refractivity contribution >= 4 is 56.2 Å². The van der Waals surface area contributed by atoms with Gasteiger partial charge in [-0.1, -0.05) is 78.4 Å². The molecule has 0 fully saturated rings. The zero-order chi connectivity index (χ0) is 29.0. The lowest BCUT2D eigenvalue weighted by molar-refractivity contribution is 0.0990. The van der Waals surface area contributed by atoms with Crippen LogP contribution in [0.1, 0.15) is 43.0 Å². The molecule has 6 aromatic carbocycles. The monoisotopic (exact) mass is 543 g/mol. The van der Waals surface area contributed by atoms with Crippen LogP contribution in [0.25, 0.3) is 27.6 Å². The van der Waals surface area contributed by atoms with Crippen LogP contribution in [0.2, 0.25) is 0 Å². The van der Waals surface area contributed by atoms with Gasteiger partial charge in [-0.15, -0.1) is 0 Å². The van der Waals surface area contributed by atoms with Crippen molar-refractivity contribution in [3.63, 3.8) is 0 Å². The lowest BCUT2D eigenvalue weighted by Crippen LogP contribution is -2.13. The van der Waals surface area contributed by atoms with Gasteiger partial charge >= 0.3 is 0 Å². The second-order valence-electron chi connectivity index (χ2n) is 11.2. The maximum atomic E-state index is 13.3. The zero-order valence-corrected chi connectivity index (χ0v) is 23.8. The average molecular weight is 544 g/mol. The first-order valence-corrected chi connectivity index (χ1v) is 14.2. The summed E-state index contributed by atoms with van der Waals surface area (Å²) in [6.07, 6.45) is 1.73. The number of rotatable bonds is 4. The lowest BCUT2D eigenvalue weighted by atomic mass is 10.0. The predicted octanol–water partition coefficient (Wildman–Crippen LogP) is 9.85. The highest BCUT2D eigenvalue weighted by molar-refractivity contribution is 6.42. The fourth-order valence-electron chi connectivity index (χ4n) is 6.30. The maximum absolute atomic E-state index is 13.3. The van der Waals surface area contributed by atoms with Crippen LogP contribution in [-0.4, -0.2) is 11.6 Å². The molecule has 0 unspecified atom stereocenters. The van der Waals surface area contributed by atoms with Crippen molar-refractivity contribution < 1.29 is 9.59 Å². The molecule has 0 radical (unpaired) electrons. The topological polar surface area (TPSA) is 37.4 Å². The molecule has 202 valence electrons. The van der Waals surface area contributed by atoms with Crippen molar-refractivity contribution in [2.45, 2.75) is 20.8 Å². The Bertz CT molecular complexity index is 2020. The van der Waals surface area contributed by atoms with Crippen molar-refractivity contribution in [1.29, 1.82) is 0 Å². The summed E-state index contributed by atoms with van der Waals surface area (Å²) < 4.78 is 0. The molecule has 0 spiro atoms. The Balaban J connectivity index is 1.28. The summed E-state index contributed by atoms with van der Waals surface area (Å²) in [6.45, 7) is 6.46. The van der Waals surface area contributed by atoms with Crippen molar-refractivity contribution in [2.24, 2.45) is 0 Å². The molecule has 0 aromatic heterocycles. The fraction of sp³-hybridized carbons (Fsp3) is 0.0769. The Labute approximate surface area is 245 Å². The van der Waals surface area contributed by atoms with Gasteiger partial charge in [-0.05, 0) is 108 Å². The van der Waals surface area contributed by atoms with E-state index in [0.29, 0.717) is 11.1 Å². The molecule has 6 aromatic rings. The first-order chi connectivity index (χ1) is 20.4. The Kier molecular flexibility index (Phi) is 6.09. The molecular weight excluding hydrogens is 514 g/mol. The van der Waals surface area contributed by atoms with E-state index in [-0.39, 0.29) is 17.1 Å². The third-order valence-corrected chi connectivity index (χ3v) is 8.15. The SMILES string of the molecule is Cc1cc(C)c(N(c2ccccc2)c2ccc3cc(C=C4C(=O)c5cc6ccccc6cc5C4=O)ccc3c2)c(C)c1. The van der Waals surface area contributed by atoms with Crippen LogP contribution in [0.3, 0.4) is 0 Å². The molecule has 7 rings (SSSR count). The summed E-state index contributed by atoms with van der Waals surface area (Å²) in [4.78, 5) is 28.9. The van der Waals surface area contributed by atoms with Gasteiger partial charge in [0.2, 0.25) is 0 Å². The fourth-order valence-corrected chi connectivity index (χ4v) is 6.30. The van der Waals surface area contributed by atoms with Gasteiger partial charge in [0.1, 0.15) is 0 Å². The summed E-state index contributed by atoms with van der Waals surface area (Å²) in [5.41, 5.74) is 9.05. The number of hydrogen-bond donors (Lipinski definition) is 0. The van der Waals surface area contributed by atoms with Crippen molar-refractivity contribution in [2.75, 3.05) is 4.90 Å². The molecule has 1 aliphatic rings. The Morgan fingerprint density at radius 2 is 1.07 bits per heavy atom.